The van der Waals surface area contributed by atoms with Crippen LogP contribution in [0.5, 0.6) is 0 Å². The van der Waals surface area contributed by atoms with Gasteiger partial charge in [-0.2, -0.15) is 0 Å². The Morgan fingerprint density at radius 2 is 1.69 bits per heavy atom. The van der Waals surface area contributed by atoms with Gasteiger partial charge in [-0.3, -0.25) is 4.79 Å². The molecule has 1 nitrogen and oxygen atoms in total. The number of hydrogen-bond donors (Lipinski definition) is 0. The van der Waals surface area contributed by atoms with Gasteiger partial charge in [0.1, 0.15) is 11.6 Å². The molecule has 1 rings (SSSR count). The Morgan fingerprint density at radius 1 is 1.23 bits per heavy atom. The van der Waals surface area contributed by atoms with E-state index in [0.717, 1.165) is 12.1 Å². The third-order valence-corrected chi connectivity index (χ3v) is 1.73. The number of halogens is 2. The summed E-state index contributed by atoms with van der Waals surface area (Å²) in [5, 5.41) is 0. The number of benzene rings is 1. The normalized spacial score (nSPS) is 10.5. The SMILES string of the molecule is CC(C)C(=O)c1c(F)cccc1F. The fourth-order valence-electron chi connectivity index (χ4n) is 1.02. The van der Waals surface area contributed by atoms with Crippen LogP contribution in [0.2, 0.25) is 0 Å². The Labute approximate surface area is 75.4 Å². The van der Waals surface area contributed by atoms with Gasteiger partial charge in [-0.15, -0.1) is 0 Å². The van der Waals surface area contributed by atoms with E-state index in [1.165, 1.54) is 6.07 Å². The van der Waals surface area contributed by atoms with Crippen molar-refractivity contribution in [3.63, 3.8) is 0 Å². The van der Waals surface area contributed by atoms with Crippen molar-refractivity contribution in [2.45, 2.75) is 13.8 Å². The van der Waals surface area contributed by atoms with Crippen LogP contribution in [0.15, 0.2) is 18.2 Å². The molecule has 0 aromatic heterocycles. The molecular weight excluding hydrogens is 174 g/mol. The third kappa shape index (κ3) is 1.91. The van der Waals surface area contributed by atoms with Crippen LogP contribution in [0.4, 0.5) is 8.78 Å². The summed E-state index contributed by atoms with van der Waals surface area (Å²) in [6.07, 6.45) is 0. The van der Waals surface area contributed by atoms with Crippen molar-refractivity contribution < 1.29 is 13.6 Å². The smallest absolute Gasteiger partial charge is 0.171 e. The third-order valence-electron chi connectivity index (χ3n) is 1.73. The molecule has 0 saturated carbocycles. The number of Topliss-reactive ketones (excluding diaryl/α,β-unsaturated/α-hetero) is 1. The largest absolute Gasteiger partial charge is 0.294 e. The summed E-state index contributed by atoms with van der Waals surface area (Å²) in [5.41, 5.74) is -0.433. The van der Waals surface area contributed by atoms with Crippen LogP contribution in [0.1, 0.15) is 24.2 Å². The van der Waals surface area contributed by atoms with Crippen molar-refractivity contribution in [1.29, 1.82) is 0 Å². The molecular formula is C10H10F2O. The zero-order chi connectivity index (χ0) is 10.0. The molecule has 0 radical (unpaired) electrons. The maximum Gasteiger partial charge on any atom is 0.171 e. The fraction of sp³-hybridized carbons (Fsp3) is 0.300. The molecule has 3 heteroatoms. The number of hydrogen-bond acceptors (Lipinski definition) is 1. The number of carbonyl (C=O) groups is 1. The molecule has 1 aromatic rings. The number of carbonyl (C=O) groups excluding carboxylic acids is 1. The quantitative estimate of drug-likeness (QED) is 0.646. The first-order valence-electron chi connectivity index (χ1n) is 4.02. The Kier molecular flexibility index (Phi) is 2.76. The Bertz CT molecular complexity index is 311. The molecule has 0 heterocycles. The lowest BCUT2D eigenvalue weighted by Crippen LogP contribution is -2.11. The first-order valence-corrected chi connectivity index (χ1v) is 4.02. The predicted octanol–water partition coefficient (Wildman–Crippen LogP) is 2.80. The van der Waals surface area contributed by atoms with Crippen LogP contribution in [-0.2, 0) is 0 Å². The highest BCUT2D eigenvalue weighted by molar-refractivity contribution is 5.97. The van der Waals surface area contributed by atoms with Crippen molar-refractivity contribution in [2.24, 2.45) is 5.92 Å². The minimum Gasteiger partial charge on any atom is -0.294 e. The van der Waals surface area contributed by atoms with Gasteiger partial charge in [-0.25, -0.2) is 8.78 Å². The number of rotatable bonds is 2. The van der Waals surface area contributed by atoms with Gasteiger partial charge in [0.25, 0.3) is 0 Å². The Morgan fingerprint density at radius 3 is 2.08 bits per heavy atom. The lowest BCUT2D eigenvalue weighted by Gasteiger charge is -2.05. The molecule has 1 aromatic carbocycles. The van der Waals surface area contributed by atoms with Gasteiger partial charge in [0.05, 0.1) is 5.56 Å². The summed E-state index contributed by atoms with van der Waals surface area (Å²) in [4.78, 5) is 11.3. The lowest BCUT2D eigenvalue weighted by atomic mass is 10.0. The van der Waals surface area contributed by atoms with E-state index >= 15 is 0 Å². The van der Waals surface area contributed by atoms with Crippen molar-refractivity contribution in [3.8, 4) is 0 Å². The van der Waals surface area contributed by atoms with E-state index in [1.54, 1.807) is 13.8 Å². The average Bonchev–Trinajstić information content (AvgIpc) is 2.03. The fourth-order valence-corrected chi connectivity index (χ4v) is 1.02. The first kappa shape index (κ1) is 9.84. The van der Waals surface area contributed by atoms with Crippen LogP contribution in [0, 0.1) is 17.6 Å². The molecule has 0 saturated heterocycles. The van der Waals surface area contributed by atoms with Gasteiger partial charge in [0.15, 0.2) is 5.78 Å². The van der Waals surface area contributed by atoms with E-state index in [9.17, 15) is 13.6 Å². The van der Waals surface area contributed by atoms with Crippen molar-refractivity contribution in [3.05, 3.63) is 35.4 Å². The van der Waals surface area contributed by atoms with E-state index in [1.807, 2.05) is 0 Å². The van der Waals surface area contributed by atoms with Gasteiger partial charge in [0, 0.05) is 5.92 Å². The molecule has 0 N–H and O–H groups in total. The van der Waals surface area contributed by atoms with Crippen LogP contribution >= 0.6 is 0 Å². The van der Waals surface area contributed by atoms with Crippen LogP contribution in [0.25, 0.3) is 0 Å². The molecule has 0 aliphatic heterocycles. The van der Waals surface area contributed by atoms with Gasteiger partial charge in [-0.05, 0) is 12.1 Å². The van der Waals surface area contributed by atoms with Gasteiger partial charge >= 0.3 is 0 Å². The molecule has 0 bridgehead atoms. The number of ketones is 1. The van der Waals surface area contributed by atoms with E-state index in [2.05, 4.69) is 0 Å². The van der Waals surface area contributed by atoms with Crippen molar-refractivity contribution in [2.75, 3.05) is 0 Å². The second-order valence-corrected chi connectivity index (χ2v) is 3.12. The molecule has 0 atom stereocenters. The van der Waals surface area contributed by atoms with Crippen LogP contribution < -0.4 is 0 Å². The molecule has 0 aliphatic carbocycles. The monoisotopic (exact) mass is 184 g/mol. The van der Waals surface area contributed by atoms with Crippen molar-refractivity contribution in [1.82, 2.24) is 0 Å². The highest BCUT2D eigenvalue weighted by Crippen LogP contribution is 2.16. The van der Waals surface area contributed by atoms with E-state index in [-0.39, 0.29) is 0 Å². The molecule has 0 aliphatic rings. The predicted molar refractivity (Wildman–Crippen MR) is 45.5 cm³/mol. The molecule has 13 heavy (non-hydrogen) atoms. The summed E-state index contributed by atoms with van der Waals surface area (Å²) < 4.78 is 26.0. The maximum atomic E-state index is 13.0. The molecule has 0 unspecified atom stereocenters. The second-order valence-electron chi connectivity index (χ2n) is 3.12. The molecule has 70 valence electrons. The Balaban J connectivity index is 3.20. The molecule has 0 amide bonds. The summed E-state index contributed by atoms with van der Waals surface area (Å²) >= 11 is 0. The van der Waals surface area contributed by atoms with Crippen molar-refractivity contribution >= 4 is 5.78 Å². The zero-order valence-corrected chi connectivity index (χ0v) is 7.47. The standard InChI is InChI=1S/C10H10F2O/c1-6(2)10(13)9-7(11)4-3-5-8(9)12/h3-6H,1-2H3. The average molecular weight is 184 g/mol. The van der Waals surface area contributed by atoms with Gasteiger partial charge in [-0.1, -0.05) is 19.9 Å². The molecule has 0 fully saturated rings. The lowest BCUT2D eigenvalue weighted by molar-refractivity contribution is 0.0931. The maximum absolute atomic E-state index is 13.0. The summed E-state index contributed by atoms with van der Waals surface area (Å²) in [6.45, 7) is 3.21. The highest BCUT2D eigenvalue weighted by atomic mass is 19.1. The zero-order valence-electron chi connectivity index (χ0n) is 7.47. The van der Waals surface area contributed by atoms with E-state index < -0.39 is 28.9 Å². The van der Waals surface area contributed by atoms with Gasteiger partial charge < -0.3 is 0 Å². The first-order chi connectivity index (χ1) is 6.04. The summed E-state index contributed by atoms with van der Waals surface area (Å²) in [7, 11) is 0. The Hall–Kier alpha value is -1.25. The minimum atomic E-state index is -0.793. The van der Waals surface area contributed by atoms with E-state index in [0.29, 0.717) is 0 Å². The van der Waals surface area contributed by atoms with Crippen LogP contribution in [-0.4, -0.2) is 5.78 Å². The van der Waals surface area contributed by atoms with E-state index in [4.69, 9.17) is 0 Å². The summed E-state index contributed by atoms with van der Waals surface area (Å²) in [6, 6.07) is 3.40. The molecule has 0 spiro atoms. The summed E-state index contributed by atoms with van der Waals surface area (Å²) in [5.74, 6) is -2.49. The van der Waals surface area contributed by atoms with Gasteiger partial charge in [0.2, 0.25) is 0 Å². The van der Waals surface area contributed by atoms with Crippen LogP contribution in [0.3, 0.4) is 0 Å². The topological polar surface area (TPSA) is 17.1 Å². The highest BCUT2D eigenvalue weighted by Gasteiger charge is 2.19. The minimum absolute atomic E-state index is 0.397. The second kappa shape index (κ2) is 3.64.